The van der Waals surface area contributed by atoms with Crippen LogP contribution in [0.4, 0.5) is 5.69 Å². The van der Waals surface area contributed by atoms with E-state index in [0.29, 0.717) is 17.6 Å². The van der Waals surface area contributed by atoms with Crippen molar-refractivity contribution in [3.63, 3.8) is 0 Å². The van der Waals surface area contributed by atoms with Gasteiger partial charge in [0.15, 0.2) is 5.75 Å². The first-order chi connectivity index (χ1) is 9.50. The van der Waals surface area contributed by atoms with Crippen LogP contribution in [0.3, 0.4) is 0 Å². The van der Waals surface area contributed by atoms with Gasteiger partial charge in [0.25, 0.3) is 0 Å². The Morgan fingerprint density at radius 2 is 2.05 bits per heavy atom. The van der Waals surface area contributed by atoms with E-state index in [1.807, 2.05) is 0 Å². The number of hydrogen-bond donors (Lipinski definition) is 0. The Balaban J connectivity index is 2.29. The van der Waals surface area contributed by atoms with Crippen molar-refractivity contribution in [3.8, 4) is 5.75 Å². The molecule has 1 aromatic rings. The molecule has 110 valence electrons. The van der Waals surface area contributed by atoms with Crippen LogP contribution in [0.25, 0.3) is 0 Å². The molecule has 0 N–H and O–H groups in total. The lowest BCUT2D eigenvalue weighted by Gasteiger charge is -2.31. The topological polar surface area (TPSA) is 72.7 Å². The van der Waals surface area contributed by atoms with Gasteiger partial charge in [0.05, 0.1) is 12.0 Å². The standard InChI is InChI=1S/C13H19N2O4P/c1-3-14-6-8-20(18,9-7-14)11-4-5-12(15(16)17)13(10-11)19-2/h4-5,10H,3,6-9H2,1-2H3. The molecule has 20 heavy (non-hydrogen) atoms. The predicted octanol–water partition coefficient (Wildman–Crippen LogP) is 1.93. The van der Waals surface area contributed by atoms with Crippen LogP contribution in [0.15, 0.2) is 18.2 Å². The van der Waals surface area contributed by atoms with Gasteiger partial charge < -0.3 is 14.2 Å². The van der Waals surface area contributed by atoms with Gasteiger partial charge in [0, 0.05) is 36.8 Å². The Labute approximate surface area is 118 Å². The summed E-state index contributed by atoms with van der Waals surface area (Å²) in [5.74, 6) is 0.181. The second kappa shape index (κ2) is 5.94. The monoisotopic (exact) mass is 298 g/mol. The maximum absolute atomic E-state index is 13.0. The van der Waals surface area contributed by atoms with Gasteiger partial charge in [-0.2, -0.15) is 0 Å². The van der Waals surface area contributed by atoms with Crippen molar-refractivity contribution >= 4 is 18.1 Å². The van der Waals surface area contributed by atoms with Crippen molar-refractivity contribution in [3.05, 3.63) is 28.3 Å². The van der Waals surface area contributed by atoms with E-state index >= 15 is 0 Å². The molecule has 1 aliphatic heterocycles. The van der Waals surface area contributed by atoms with Gasteiger partial charge in [-0.1, -0.05) is 6.92 Å². The van der Waals surface area contributed by atoms with Gasteiger partial charge >= 0.3 is 5.69 Å². The smallest absolute Gasteiger partial charge is 0.310 e. The highest BCUT2D eigenvalue weighted by molar-refractivity contribution is 7.71. The summed E-state index contributed by atoms with van der Waals surface area (Å²) in [4.78, 5) is 12.7. The Morgan fingerprint density at radius 1 is 1.40 bits per heavy atom. The summed E-state index contributed by atoms with van der Waals surface area (Å²) in [7, 11) is -1.06. The summed E-state index contributed by atoms with van der Waals surface area (Å²) in [6.45, 7) is 4.68. The maximum Gasteiger partial charge on any atom is 0.310 e. The van der Waals surface area contributed by atoms with Crippen LogP contribution in [0.2, 0.25) is 0 Å². The van der Waals surface area contributed by atoms with Gasteiger partial charge in [0.2, 0.25) is 0 Å². The van der Waals surface area contributed by atoms with Crippen LogP contribution in [0.5, 0.6) is 5.75 Å². The van der Waals surface area contributed by atoms with Gasteiger partial charge in [-0.3, -0.25) is 10.1 Å². The third-order valence-corrected chi connectivity index (χ3v) is 6.90. The number of ether oxygens (including phenoxy) is 1. The van der Waals surface area contributed by atoms with Crippen LogP contribution in [0.1, 0.15) is 6.92 Å². The van der Waals surface area contributed by atoms with Crippen molar-refractivity contribution in [2.75, 3.05) is 39.1 Å². The summed E-state index contributed by atoms with van der Waals surface area (Å²) in [6, 6.07) is 4.57. The third-order valence-electron chi connectivity index (χ3n) is 3.83. The minimum Gasteiger partial charge on any atom is -0.490 e. The third kappa shape index (κ3) is 2.86. The maximum atomic E-state index is 13.0. The van der Waals surface area contributed by atoms with E-state index in [4.69, 9.17) is 4.74 Å². The second-order valence-electron chi connectivity index (χ2n) is 4.88. The van der Waals surface area contributed by atoms with Crippen molar-refractivity contribution < 1.29 is 14.2 Å². The largest absolute Gasteiger partial charge is 0.490 e. The summed E-state index contributed by atoms with van der Waals surface area (Å²) < 4.78 is 18.0. The van der Waals surface area contributed by atoms with E-state index in [-0.39, 0.29) is 11.4 Å². The number of nitro benzene ring substituents is 1. The SMILES string of the molecule is CCN1CCP(=O)(c2ccc([N+](=O)[O-])c(OC)c2)CC1. The fourth-order valence-electron chi connectivity index (χ4n) is 2.47. The fraction of sp³-hybridized carbons (Fsp3) is 0.538. The minimum absolute atomic E-state index is 0.0879. The number of rotatable bonds is 4. The molecule has 1 aliphatic rings. The summed E-state index contributed by atoms with van der Waals surface area (Å²) in [5, 5.41) is 11.6. The normalized spacial score (nSPS) is 18.7. The summed E-state index contributed by atoms with van der Waals surface area (Å²) in [5.41, 5.74) is -0.0879. The molecular weight excluding hydrogens is 279 g/mol. The number of nitro groups is 1. The van der Waals surface area contributed by atoms with Gasteiger partial charge in [-0.05, 0) is 18.7 Å². The van der Waals surface area contributed by atoms with Crippen LogP contribution < -0.4 is 10.0 Å². The molecule has 0 aliphatic carbocycles. The molecule has 0 unspecified atom stereocenters. The lowest BCUT2D eigenvalue weighted by Crippen LogP contribution is -2.36. The number of nitrogens with zero attached hydrogens (tertiary/aromatic N) is 2. The lowest BCUT2D eigenvalue weighted by atomic mass is 10.3. The molecule has 7 heteroatoms. The predicted molar refractivity (Wildman–Crippen MR) is 78.7 cm³/mol. The molecule has 1 fully saturated rings. The molecule has 1 saturated heterocycles. The summed E-state index contributed by atoms with van der Waals surface area (Å²) in [6.07, 6.45) is 1.25. The Kier molecular flexibility index (Phi) is 4.45. The molecule has 0 bridgehead atoms. The van der Waals surface area contributed by atoms with Crippen molar-refractivity contribution in [2.24, 2.45) is 0 Å². The minimum atomic E-state index is -2.45. The zero-order valence-electron chi connectivity index (χ0n) is 11.7. The first-order valence-corrected chi connectivity index (χ1v) is 8.71. The van der Waals surface area contributed by atoms with Crippen LogP contribution in [-0.4, -0.2) is 48.9 Å². The highest BCUT2D eigenvalue weighted by Gasteiger charge is 2.31. The summed E-state index contributed by atoms with van der Waals surface area (Å²) >= 11 is 0. The van der Waals surface area contributed by atoms with Gasteiger partial charge in [-0.15, -0.1) is 0 Å². The molecule has 6 nitrogen and oxygen atoms in total. The Morgan fingerprint density at radius 3 is 2.55 bits per heavy atom. The average Bonchev–Trinajstić information content (AvgIpc) is 2.47. The number of hydrogen-bond acceptors (Lipinski definition) is 5. The van der Waals surface area contributed by atoms with Crippen LogP contribution >= 0.6 is 7.14 Å². The van der Waals surface area contributed by atoms with E-state index in [9.17, 15) is 14.7 Å². The Bertz CT molecular complexity index is 549. The van der Waals surface area contributed by atoms with E-state index in [1.54, 1.807) is 12.1 Å². The first-order valence-electron chi connectivity index (χ1n) is 6.63. The second-order valence-corrected chi connectivity index (χ2v) is 8.07. The number of methoxy groups -OCH3 is 1. The molecule has 0 amide bonds. The molecule has 0 radical (unpaired) electrons. The van der Waals surface area contributed by atoms with Gasteiger partial charge in [0.1, 0.15) is 7.14 Å². The lowest BCUT2D eigenvalue weighted by molar-refractivity contribution is -0.385. The molecule has 2 rings (SSSR count). The van der Waals surface area contributed by atoms with E-state index in [2.05, 4.69) is 11.8 Å². The quantitative estimate of drug-likeness (QED) is 0.482. The van der Waals surface area contributed by atoms with Crippen LogP contribution in [0, 0.1) is 10.1 Å². The van der Waals surface area contributed by atoms with Crippen molar-refractivity contribution in [2.45, 2.75) is 6.92 Å². The molecule has 0 saturated carbocycles. The van der Waals surface area contributed by atoms with E-state index in [0.717, 1.165) is 19.6 Å². The number of benzene rings is 1. The molecular formula is C13H19N2O4P. The van der Waals surface area contributed by atoms with E-state index < -0.39 is 12.1 Å². The fourth-order valence-corrected chi connectivity index (χ4v) is 5.13. The van der Waals surface area contributed by atoms with Crippen LogP contribution in [-0.2, 0) is 4.57 Å². The molecule has 1 aromatic carbocycles. The molecule has 0 aromatic heterocycles. The molecule has 1 heterocycles. The van der Waals surface area contributed by atoms with Crippen molar-refractivity contribution in [1.29, 1.82) is 0 Å². The highest BCUT2D eigenvalue weighted by Crippen LogP contribution is 2.47. The Hall–Kier alpha value is -1.39. The molecule has 0 spiro atoms. The highest BCUT2D eigenvalue weighted by atomic mass is 31.2. The average molecular weight is 298 g/mol. The zero-order chi connectivity index (χ0) is 14.8. The zero-order valence-corrected chi connectivity index (χ0v) is 12.6. The van der Waals surface area contributed by atoms with Gasteiger partial charge in [-0.25, -0.2) is 0 Å². The van der Waals surface area contributed by atoms with E-state index in [1.165, 1.54) is 13.2 Å². The van der Waals surface area contributed by atoms with Crippen molar-refractivity contribution in [1.82, 2.24) is 4.90 Å². The first kappa shape index (κ1) is 15.0. The molecule has 0 atom stereocenters.